The van der Waals surface area contributed by atoms with Gasteiger partial charge in [-0.3, -0.25) is 15.0 Å². The number of benzene rings is 1. The van der Waals surface area contributed by atoms with Gasteiger partial charge in [0.05, 0.1) is 4.92 Å². The minimum Gasteiger partial charge on any atom is -0.393 e. The molecule has 2 aliphatic carbocycles. The fraction of sp³-hybridized carbons (Fsp3) is 0.600. The average Bonchev–Trinajstić information content (AvgIpc) is 3.27. The molecule has 2 N–H and O–H groups in total. The van der Waals surface area contributed by atoms with Crippen LogP contribution in [0.2, 0.25) is 0 Å². The number of hydrogen-bond acceptors (Lipinski definition) is 4. The van der Waals surface area contributed by atoms with Crippen molar-refractivity contribution in [3.63, 3.8) is 0 Å². The maximum Gasteiger partial charge on any atom is 0.292 e. The van der Waals surface area contributed by atoms with Crippen LogP contribution in [0.15, 0.2) is 18.2 Å². The van der Waals surface area contributed by atoms with E-state index < -0.39 is 4.92 Å². The number of anilines is 1. The van der Waals surface area contributed by atoms with Gasteiger partial charge in [-0.05, 0) is 43.1 Å². The highest BCUT2D eigenvalue weighted by molar-refractivity contribution is 5.62. The Morgan fingerprint density at radius 2 is 1.80 bits per heavy atom. The minimum atomic E-state index is -0.398. The fourth-order valence-corrected chi connectivity index (χ4v) is 2.67. The lowest BCUT2D eigenvalue weighted by molar-refractivity contribution is -0.384. The Labute approximate surface area is 118 Å². The molecule has 3 rings (SSSR count). The van der Waals surface area contributed by atoms with Gasteiger partial charge in [-0.1, -0.05) is 12.1 Å². The van der Waals surface area contributed by atoms with Crippen molar-refractivity contribution in [1.29, 1.82) is 0 Å². The second-order valence-electron chi connectivity index (χ2n) is 6.19. The minimum absolute atomic E-state index is 0.0280. The van der Waals surface area contributed by atoms with Crippen molar-refractivity contribution < 1.29 is 4.92 Å². The number of nitrogens with two attached hydrogens (primary N) is 1. The van der Waals surface area contributed by atoms with Crippen LogP contribution in [-0.4, -0.2) is 22.9 Å². The molecule has 1 aromatic carbocycles. The van der Waals surface area contributed by atoms with Crippen molar-refractivity contribution in [3.8, 4) is 0 Å². The molecule has 5 heteroatoms. The van der Waals surface area contributed by atoms with E-state index in [1.807, 2.05) is 6.07 Å². The molecule has 2 saturated carbocycles. The molecule has 0 radical (unpaired) electrons. The van der Waals surface area contributed by atoms with E-state index in [4.69, 9.17) is 5.73 Å². The van der Waals surface area contributed by atoms with Crippen LogP contribution in [0, 0.1) is 22.0 Å². The van der Waals surface area contributed by atoms with Crippen LogP contribution in [0.5, 0.6) is 0 Å². The third kappa shape index (κ3) is 3.28. The van der Waals surface area contributed by atoms with Gasteiger partial charge in [0, 0.05) is 25.7 Å². The Morgan fingerprint density at radius 3 is 2.30 bits per heavy atom. The van der Waals surface area contributed by atoms with E-state index in [-0.39, 0.29) is 5.69 Å². The highest BCUT2D eigenvalue weighted by Crippen LogP contribution is 2.35. The molecule has 2 aliphatic rings. The normalized spacial score (nSPS) is 18.4. The Bertz CT molecular complexity index is 496. The molecule has 0 saturated heterocycles. The lowest BCUT2D eigenvalue weighted by Gasteiger charge is -2.22. The quantitative estimate of drug-likeness (QED) is 0.472. The molecule has 0 aliphatic heterocycles. The Balaban J connectivity index is 1.72. The zero-order valence-corrected chi connectivity index (χ0v) is 11.6. The molecule has 5 nitrogen and oxygen atoms in total. The van der Waals surface area contributed by atoms with Crippen LogP contribution in [0.1, 0.15) is 31.2 Å². The van der Waals surface area contributed by atoms with Crippen molar-refractivity contribution in [1.82, 2.24) is 4.90 Å². The van der Waals surface area contributed by atoms with Crippen LogP contribution in [0.3, 0.4) is 0 Å². The zero-order valence-electron chi connectivity index (χ0n) is 11.6. The molecule has 0 amide bonds. The summed E-state index contributed by atoms with van der Waals surface area (Å²) in [4.78, 5) is 13.0. The summed E-state index contributed by atoms with van der Waals surface area (Å²) in [6.45, 7) is 2.96. The first kappa shape index (κ1) is 13.4. The monoisotopic (exact) mass is 275 g/mol. The van der Waals surface area contributed by atoms with Crippen LogP contribution >= 0.6 is 0 Å². The molecule has 0 aromatic heterocycles. The third-order valence-electron chi connectivity index (χ3n) is 4.19. The van der Waals surface area contributed by atoms with E-state index in [2.05, 4.69) is 4.90 Å². The van der Waals surface area contributed by atoms with E-state index in [1.165, 1.54) is 31.7 Å². The molecule has 2 fully saturated rings. The van der Waals surface area contributed by atoms with Crippen molar-refractivity contribution in [3.05, 3.63) is 33.9 Å². The Morgan fingerprint density at radius 1 is 1.20 bits per heavy atom. The van der Waals surface area contributed by atoms with Gasteiger partial charge in [-0.2, -0.15) is 0 Å². The molecule has 0 atom stereocenters. The number of hydrogen-bond donors (Lipinski definition) is 1. The first-order chi connectivity index (χ1) is 9.63. The summed E-state index contributed by atoms with van der Waals surface area (Å²) in [6.07, 6.45) is 5.30. The summed E-state index contributed by atoms with van der Waals surface area (Å²) in [5.74, 6) is 1.65. The predicted molar refractivity (Wildman–Crippen MR) is 78.2 cm³/mol. The van der Waals surface area contributed by atoms with E-state index in [0.717, 1.165) is 37.0 Å². The van der Waals surface area contributed by atoms with E-state index in [9.17, 15) is 10.1 Å². The standard InChI is InChI=1S/C15H21N3O2/c16-15-13(2-1-3-14(15)18(19)20)10-17(8-11-4-5-11)9-12-6-7-12/h1-3,11-12H,4-10,16H2. The molecule has 0 unspecified atom stereocenters. The summed E-state index contributed by atoms with van der Waals surface area (Å²) in [5, 5.41) is 10.9. The predicted octanol–water partition coefficient (Wildman–Crippen LogP) is 2.80. The van der Waals surface area contributed by atoms with E-state index >= 15 is 0 Å². The van der Waals surface area contributed by atoms with Gasteiger partial charge >= 0.3 is 0 Å². The fourth-order valence-electron chi connectivity index (χ4n) is 2.67. The van der Waals surface area contributed by atoms with Crippen molar-refractivity contribution in [2.24, 2.45) is 11.8 Å². The number of rotatable bonds is 7. The van der Waals surface area contributed by atoms with Crippen LogP contribution in [-0.2, 0) is 6.54 Å². The van der Waals surface area contributed by atoms with Gasteiger partial charge in [0.15, 0.2) is 0 Å². The average molecular weight is 275 g/mol. The first-order valence-corrected chi connectivity index (χ1v) is 7.37. The van der Waals surface area contributed by atoms with E-state index in [0.29, 0.717) is 5.69 Å². The summed E-state index contributed by atoms with van der Waals surface area (Å²) in [7, 11) is 0. The van der Waals surface area contributed by atoms with Crippen LogP contribution in [0.25, 0.3) is 0 Å². The lowest BCUT2D eigenvalue weighted by Crippen LogP contribution is -2.28. The Kier molecular flexibility index (Phi) is 3.61. The van der Waals surface area contributed by atoms with Crippen molar-refractivity contribution >= 4 is 11.4 Å². The molecule has 108 valence electrons. The second-order valence-corrected chi connectivity index (χ2v) is 6.19. The molecular weight excluding hydrogens is 254 g/mol. The van der Waals surface area contributed by atoms with Gasteiger partial charge in [-0.15, -0.1) is 0 Å². The summed E-state index contributed by atoms with van der Waals surface area (Å²) < 4.78 is 0. The molecule has 1 aromatic rings. The number of nitro benzene ring substituents is 1. The molecule has 0 bridgehead atoms. The van der Waals surface area contributed by atoms with Crippen LogP contribution < -0.4 is 5.73 Å². The molecular formula is C15H21N3O2. The number of para-hydroxylation sites is 1. The van der Waals surface area contributed by atoms with Gasteiger partial charge in [-0.25, -0.2) is 0 Å². The summed E-state index contributed by atoms with van der Waals surface area (Å²) >= 11 is 0. The largest absolute Gasteiger partial charge is 0.393 e. The number of nitro groups is 1. The maximum absolute atomic E-state index is 10.9. The zero-order chi connectivity index (χ0) is 14.1. The molecule has 0 heterocycles. The van der Waals surface area contributed by atoms with Gasteiger partial charge in [0.1, 0.15) is 5.69 Å². The van der Waals surface area contributed by atoms with Crippen LogP contribution in [0.4, 0.5) is 11.4 Å². The highest BCUT2D eigenvalue weighted by atomic mass is 16.6. The third-order valence-corrected chi connectivity index (χ3v) is 4.19. The lowest BCUT2D eigenvalue weighted by atomic mass is 10.1. The summed E-state index contributed by atoms with van der Waals surface area (Å²) in [6, 6.07) is 5.12. The Hall–Kier alpha value is -1.62. The molecule has 20 heavy (non-hydrogen) atoms. The van der Waals surface area contributed by atoms with Crippen molar-refractivity contribution in [2.45, 2.75) is 32.2 Å². The smallest absolute Gasteiger partial charge is 0.292 e. The second kappa shape index (κ2) is 5.40. The first-order valence-electron chi connectivity index (χ1n) is 7.37. The van der Waals surface area contributed by atoms with E-state index in [1.54, 1.807) is 6.07 Å². The maximum atomic E-state index is 10.9. The SMILES string of the molecule is Nc1c(CN(CC2CC2)CC2CC2)cccc1[N+](=O)[O-]. The topological polar surface area (TPSA) is 72.4 Å². The summed E-state index contributed by atoms with van der Waals surface area (Å²) in [5.41, 5.74) is 7.20. The van der Waals surface area contributed by atoms with Crippen molar-refractivity contribution in [2.75, 3.05) is 18.8 Å². The number of nitrogens with zero attached hydrogens (tertiary/aromatic N) is 2. The number of nitrogen functional groups attached to an aromatic ring is 1. The van der Waals surface area contributed by atoms with Gasteiger partial charge < -0.3 is 5.73 Å². The van der Waals surface area contributed by atoms with Gasteiger partial charge in [0.2, 0.25) is 0 Å². The van der Waals surface area contributed by atoms with Gasteiger partial charge in [0.25, 0.3) is 5.69 Å². The molecule has 0 spiro atoms. The highest BCUT2D eigenvalue weighted by Gasteiger charge is 2.29.